The molecule has 4 nitrogen and oxygen atoms in total. The number of esters is 1. The molecule has 1 aromatic rings. The first kappa shape index (κ1) is 10.6. The van der Waals surface area contributed by atoms with Crippen molar-refractivity contribution in [2.45, 2.75) is 17.9 Å². The van der Waals surface area contributed by atoms with Crippen molar-refractivity contribution < 1.29 is 14.3 Å². The third-order valence-electron chi connectivity index (χ3n) is 3.99. The van der Waals surface area contributed by atoms with E-state index in [2.05, 4.69) is 12.2 Å². The molecule has 3 rings (SSSR count). The molecule has 0 radical (unpaired) electrons. The van der Waals surface area contributed by atoms with Gasteiger partial charge in [0.25, 0.3) is 0 Å². The fraction of sp³-hybridized carbons (Fsp3) is 0.462. The van der Waals surface area contributed by atoms with Crippen LogP contribution in [0.2, 0.25) is 0 Å². The third-order valence-corrected chi connectivity index (χ3v) is 3.99. The summed E-state index contributed by atoms with van der Waals surface area (Å²) < 4.78 is 10.4. The van der Waals surface area contributed by atoms with Crippen LogP contribution in [-0.4, -0.2) is 31.8 Å². The number of carbonyl (C=O) groups excluding carboxylic acids is 1. The second-order valence-electron chi connectivity index (χ2n) is 4.84. The maximum atomic E-state index is 11.9. The summed E-state index contributed by atoms with van der Waals surface area (Å²) in [6.07, 6.45) is 0. The highest BCUT2D eigenvalue weighted by Gasteiger charge is 2.67. The van der Waals surface area contributed by atoms with Gasteiger partial charge in [0.2, 0.25) is 0 Å². The van der Waals surface area contributed by atoms with Crippen LogP contribution in [0.5, 0.6) is 0 Å². The van der Waals surface area contributed by atoms with Gasteiger partial charge in [-0.1, -0.05) is 25.1 Å². The molecule has 1 aromatic carbocycles. The van der Waals surface area contributed by atoms with E-state index in [4.69, 9.17) is 9.47 Å². The van der Waals surface area contributed by atoms with E-state index in [0.29, 0.717) is 13.2 Å². The predicted octanol–water partition coefficient (Wildman–Crippen LogP) is 1.31. The van der Waals surface area contributed by atoms with Crippen LogP contribution in [0.1, 0.15) is 12.5 Å². The molecule has 2 heterocycles. The molecule has 90 valence electrons. The molecular weight excluding hydrogens is 218 g/mol. The van der Waals surface area contributed by atoms with Crippen LogP contribution in [0.4, 0.5) is 5.69 Å². The number of fused-ring (bicyclic) bond motifs is 1. The van der Waals surface area contributed by atoms with E-state index in [-0.39, 0.29) is 11.4 Å². The first-order valence-corrected chi connectivity index (χ1v) is 5.70. The van der Waals surface area contributed by atoms with Crippen molar-refractivity contribution >= 4 is 11.7 Å². The van der Waals surface area contributed by atoms with Crippen LogP contribution in [0.25, 0.3) is 0 Å². The quantitative estimate of drug-likeness (QED) is 0.618. The van der Waals surface area contributed by atoms with Crippen molar-refractivity contribution in [2.24, 2.45) is 0 Å². The van der Waals surface area contributed by atoms with Crippen LogP contribution in [-0.2, 0) is 19.7 Å². The molecule has 1 saturated heterocycles. The summed E-state index contributed by atoms with van der Waals surface area (Å²) in [5, 5.41) is 3.33. The maximum absolute atomic E-state index is 11.9. The van der Waals surface area contributed by atoms with Gasteiger partial charge >= 0.3 is 5.97 Å². The van der Waals surface area contributed by atoms with Crippen LogP contribution in [0.15, 0.2) is 24.3 Å². The Morgan fingerprint density at radius 2 is 2.18 bits per heavy atom. The fourth-order valence-corrected chi connectivity index (χ4v) is 2.74. The summed E-state index contributed by atoms with van der Waals surface area (Å²) in [5.41, 5.74) is 1.05. The van der Waals surface area contributed by atoms with Gasteiger partial charge in [-0.2, -0.15) is 0 Å². The number of anilines is 1. The lowest BCUT2D eigenvalue weighted by molar-refractivity contribution is -0.149. The van der Waals surface area contributed by atoms with Gasteiger partial charge in [0.05, 0.1) is 19.1 Å². The van der Waals surface area contributed by atoms with Crippen molar-refractivity contribution in [3.63, 3.8) is 0 Å². The Bertz CT molecular complexity index is 481. The first-order valence-electron chi connectivity index (χ1n) is 5.70. The average Bonchev–Trinajstić information content (AvgIpc) is 3.11. The molecular formula is C13H15NO3. The molecule has 0 bridgehead atoms. The highest BCUT2D eigenvalue weighted by Crippen LogP contribution is 2.52. The zero-order valence-electron chi connectivity index (χ0n) is 9.95. The molecule has 0 spiro atoms. The molecule has 2 aliphatic rings. The van der Waals surface area contributed by atoms with E-state index in [9.17, 15) is 4.79 Å². The number of hydrogen-bond donors (Lipinski definition) is 1. The summed E-state index contributed by atoms with van der Waals surface area (Å²) in [6.45, 7) is 3.18. The van der Waals surface area contributed by atoms with Gasteiger partial charge in [-0.05, 0) is 11.6 Å². The molecule has 2 atom stereocenters. The Hall–Kier alpha value is -1.55. The van der Waals surface area contributed by atoms with E-state index in [0.717, 1.165) is 11.3 Å². The SMILES string of the molecule is COC(=O)C1(C2(C)CNc3ccccc32)CO1. The minimum Gasteiger partial charge on any atom is -0.467 e. The minimum absolute atomic E-state index is 0.279. The molecule has 1 fully saturated rings. The highest BCUT2D eigenvalue weighted by atomic mass is 16.6. The molecule has 17 heavy (non-hydrogen) atoms. The summed E-state index contributed by atoms with van der Waals surface area (Å²) in [7, 11) is 1.41. The second kappa shape index (κ2) is 3.23. The Kier molecular flexibility index (Phi) is 2.01. The molecule has 2 aliphatic heterocycles. The third kappa shape index (κ3) is 1.19. The lowest BCUT2D eigenvalue weighted by Crippen LogP contribution is -2.48. The fourth-order valence-electron chi connectivity index (χ4n) is 2.74. The largest absolute Gasteiger partial charge is 0.467 e. The van der Waals surface area contributed by atoms with Crippen LogP contribution >= 0.6 is 0 Å². The van der Waals surface area contributed by atoms with Crippen molar-refractivity contribution in [1.29, 1.82) is 0 Å². The number of methoxy groups -OCH3 is 1. The van der Waals surface area contributed by atoms with Gasteiger partial charge in [0, 0.05) is 12.2 Å². The lowest BCUT2D eigenvalue weighted by Gasteiger charge is -2.29. The molecule has 0 aliphatic carbocycles. The molecule has 4 heteroatoms. The lowest BCUT2D eigenvalue weighted by atomic mass is 9.73. The van der Waals surface area contributed by atoms with E-state index in [1.807, 2.05) is 24.3 Å². The molecule has 2 unspecified atom stereocenters. The zero-order chi connectivity index (χ0) is 12.1. The Morgan fingerprint density at radius 1 is 1.47 bits per heavy atom. The number of para-hydroxylation sites is 1. The van der Waals surface area contributed by atoms with Gasteiger partial charge in [0.15, 0.2) is 5.60 Å². The van der Waals surface area contributed by atoms with Crippen LogP contribution in [0, 0.1) is 0 Å². The van der Waals surface area contributed by atoms with Crippen molar-refractivity contribution in [1.82, 2.24) is 0 Å². The van der Waals surface area contributed by atoms with Crippen molar-refractivity contribution in [3.8, 4) is 0 Å². The van der Waals surface area contributed by atoms with Crippen LogP contribution < -0.4 is 5.32 Å². The zero-order valence-corrected chi connectivity index (χ0v) is 9.95. The highest BCUT2D eigenvalue weighted by molar-refractivity contribution is 5.86. The molecule has 0 aromatic heterocycles. The van der Waals surface area contributed by atoms with Crippen LogP contribution in [0.3, 0.4) is 0 Å². The minimum atomic E-state index is -0.804. The number of rotatable bonds is 2. The van der Waals surface area contributed by atoms with Crippen molar-refractivity contribution in [2.75, 3.05) is 25.6 Å². The number of carbonyl (C=O) groups is 1. The number of epoxide rings is 1. The summed E-state index contributed by atoms with van der Waals surface area (Å²) >= 11 is 0. The summed E-state index contributed by atoms with van der Waals surface area (Å²) in [5.74, 6) is -0.279. The Balaban J connectivity index is 2.07. The van der Waals surface area contributed by atoms with Gasteiger partial charge in [-0.25, -0.2) is 4.79 Å². The van der Waals surface area contributed by atoms with E-state index in [1.165, 1.54) is 7.11 Å². The van der Waals surface area contributed by atoms with E-state index < -0.39 is 5.60 Å². The molecule has 0 saturated carbocycles. The smallest absolute Gasteiger partial charge is 0.341 e. The predicted molar refractivity (Wildman–Crippen MR) is 63.0 cm³/mol. The number of ether oxygens (including phenoxy) is 2. The number of hydrogen-bond acceptors (Lipinski definition) is 4. The standard InChI is InChI=1S/C13H15NO3/c1-12(13(8-17-13)11(15)16-2)7-14-10-6-4-3-5-9(10)12/h3-6,14H,7-8H2,1-2H3. The van der Waals surface area contributed by atoms with Gasteiger partial charge in [0.1, 0.15) is 0 Å². The van der Waals surface area contributed by atoms with Gasteiger partial charge in [-0.3, -0.25) is 0 Å². The summed E-state index contributed by atoms with van der Waals surface area (Å²) in [4.78, 5) is 11.9. The Labute approximate surface area is 99.9 Å². The summed E-state index contributed by atoms with van der Waals surface area (Å²) in [6, 6.07) is 8.03. The molecule has 1 N–H and O–H groups in total. The maximum Gasteiger partial charge on any atom is 0.341 e. The topological polar surface area (TPSA) is 50.9 Å². The van der Waals surface area contributed by atoms with Crippen molar-refractivity contribution in [3.05, 3.63) is 29.8 Å². The normalized spacial score (nSPS) is 33.8. The number of benzene rings is 1. The second-order valence-corrected chi connectivity index (χ2v) is 4.84. The van der Waals surface area contributed by atoms with E-state index in [1.54, 1.807) is 0 Å². The average molecular weight is 233 g/mol. The monoisotopic (exact) mass is 233 g/mol. The molecule has 0 amide bonds. The van der Waals surface area contributed by atoms with Gasteiger partial charge in [-0.15, -0.1) is 0 Å². The van der Waals surface area contributed by atoms with Gasteiger partial charge < -0.3 is 14.8 Å². The van der Waals surface area contributed by atoms with E-state index >= 15 is 0 Å². The number of nitrogens with one attached hydrogen (secondary N) is 1. The Morgan fingerprint density at radius 3 is 2.82 bits per heavy atom. The first-order chi connectivity index (χ1) is 8.14.